The number of nitrogens with one attached hydrogen (secondary N) is 1. The van der Waals surface area contributed by atoms with Gasteiger partial charge in [-0.15, -0.1) is 0 Å². The third-order valence-corrected chi connectivity index (χ3v) is 3.09. The van der Waals surface area contributed by atoms with E-state index in [2.05, 4.69) is 15.3 Å². The predicted octanol–water partition coefficient (Wildman–Crippen LogP) is 1.22. The van der Waals surface area contributed by atoms with Gasteiger partial charge in [-0.2, -0.15) is 0 Å². The summed E-state index contributed by atoms with van der Waals surface area (Å²) in [7, 11) is 0. The van der Waals surface area contributed by atoms with Crippen LogP contribution in [0.4, 0.5) is 5.82 Å². The number of carbonyl (C=O) groups excluding carboxylic acids is 1. The zero-order valence-corrected chi connectivity index (χ0v) is 10.3. The molecule has 0 spiro atoms. The highest BCUT2D eigenvalue weighted by molar-refractivity contribution is 6.31. The Hall–Kier alpha value is -1.88. The van der Waals surface area contributed by atoms with Crippen LogP contribution in [0.2, 0.25) is 5.02 Å². The molecule has 2 aromatic rings. The molecule has 0 unspecified atom stereocenters. The number of piperazine rings is 1. The predicted molar refractivity (Wildman–Crippen MR) is 69.8 cm³/mol. The quantitative estimate of drug-likeness (QED) is 0.840. The molecule has 92 valence electrons. The molecule has 1 saturated heterocycles. The molecule has 1 aliphatic rings. The van der Waals surface area contributed by atoms with Gasteiger partial charge < -0.3 is 10.2 Å². The highest BCUT2D eigenvalue weighted by atomic mass is 35.5. The summed E-state index contributed by atoms with van der Waals surface area (Å²) >= 11 is 5.90. The summed E-state index contributed by atoms with van der Waals surface area (Å²) < 4.78 is 0. The summed E-state index contributed by atoms with van der Waals surface area (Å²) in [5, 5.41) is 3.42. The SMILES string of the molecule is O=C1CN(c2cnc3cc(Cl)ccc3n2)CCN1. The van der Waals surface area contributed by atoms with Crippen LogP contribution in [0.25, 0.3) is 11.0 Å². The molecule has 0 radical (unpaired) electrons. The van der Waals surface area contributed by atoms with Gasteiger partial charge in [0, 0.05) is 18.1 Å². The first-order valence-electron chi connectivity index (χ1n) is 5.66. The average molecular weight is 263 g/mol. The van der Waals surface area contributed by atoms with Crippen LogP contribution in [-0.2, 0) is 4.79 Å². The molecule has 0 bridgehead atoms. The molecule has 1 aliphatic heterocycles. The molecule has 0 atom stereocenters. The highest BCUT2D eigenvalue weighted by Gasteiger charge is 2.17. The van der Waals surface area contributed by atoms with Gasteiger partial charge in [-0.3, -0.25) is 9.78 Å². The lowest BCUT2D eigenvalue weighted by molar-refractivity contribution is -0.120. The topological polar surface area (TPSA) is 58.1 Å². The zero-order valence-electron chi connectivity index (χ0n) is 9.56. The maximum absolute atomic E-state index is 11.3. The number of benzene rings is 1. The largest absolute Gasteiger partial charge is 0.353 e. The Morgan fingerprint density at radius 3 is 3.06 bits per heavy atom. The highest BCUT2D eigenvalue weighted by Crippen LogP contribution is 2.19. The van der Waals surface area contributed by atoms with Crippen molar-refractivity contribution in [1.29, 1.82) is 0 Å². The molecule has 1 N–H and O–H groups in total. The Labute approximate surface area is 109 Å². The van der Waals surface area contributed by atoms with E-state index in [4.69, 9.17) is 11.6 Å². The Bertz CT molecular complexity index is 616. The van der Waals surface area contributed by atoms with Crippen molar-refractivity contribution in [1.82, 2.24) is 15.3 Å². The first kappa shape index (κ1) is 11.2. The Morgan fingerprint density at radius 2 is 2.22 bits per heavy atom. The van der Waals surface area contributed by atoms with E-state index >= 15 is 0 Å². The molecular formula is C12H11ClN4O. The molecule has 1 fully saturated rings. The summed E-state index contributed by atoms with van der Waals surface area (Å²) in [6, 6.07) is 5.39. The van der Waals surface area contributed by atoms with Gasteiger partial charge in [-0.25, -0.2) is 4.98 Å². The second-order valence-electron chi connectivity index (χ2n) is 4.13. The molecule has 3 rings (SSSR count). The number of halogens is 1. The third kappa shape index (κ3) is 2.09. The Kier molecular flexibility index (Phi) is 2.76. The zero-order chi connectivity index (χ0) is 12.5. The smallest absolute Gasteiger partial charge is 0.239 e. The van der Waals surface area contributed by atoms with Gasteiger partial charge >= 0.3 is 0 Å². The molecule has 1 aromatic carbocycles. The number of carbonyl (C=O) groups is 1. The second kappa shape index (κ2) is 4.42. The summed E-state index contributed by atoms with van der Waals surface area (Å²) in [6.07, 6.45) is 1.68. The summed E-state index contributed by atoms with van der Waals surface area (Å²) in [6.45, 7) is 1.71. The number of rotatable bonds is 1. The molecule has 2 heterocycles. The lowest BCUT2D eigenvalue weighted by Crippen LogP contribution is -2.48. The minimum Gasteiger partial charge on any atom is -0.353 e. The fourth-order valence-electron chi connectivity index (χ4n) is 1.96. The standard InChI is InChI=1S/C12H11ClN4O/c13-8-1-2-9-10(5-8)15-6-11(16-9)17-4-3-14-12(18)7-17/h1-2,5-6H,3-4,7H2,(H,14,18). The molecule has 0 aliphatic carbocycles. The number of anilines is 1. The van der Waals surface area contributed by atoms with E-state index in [1.54, 1.807) is 18.3 Å². The first-order valence-corrected chi connectivity index (χ1v) is 6.04. The van der Waals surface area contributed by atoms with E-state index in [0.29, 0.717) is 18.1 Å². The molecule has 5 nitrogen and oxygen atoms in total. The third-order valence-electron chi connectivity index (χ3n) is 2.85. The van der Waals surface area contributed by atoms with Gasteiger partial charge in [0.2, 0.25) is 5.91 Å². The van der Waals surface area contributed by atoms with Gasteiger partial charge in [0.15, 0.2) is 0 Å². The van der Waals surface area contributed by atoms with Crippen molar-refractivity contribution < 1.29 is 4.79 Å². The van der Waals surface area contributed by atoms with Gasteiger partial charge in [0.1, 0.15) is 5.82 Å². The van der Waals surface area contributed by atoms with E-state index < -0.39 is 0 Å². The first-order chi connectivity index (χ1) is 8.72. The van der Waals surface area contributed by atoms with Crippen LogP contribution in [0.15, 0.2) is 24.4 Å². The molecule has 0 saturated carbocycles. The Balaban J connectivity index is 1.97. The van der Waals surface area contributed by atoms with Crippen molar-refractivity contribution in [3.8, 4) is 0 Å². The lowest BCUT2D eigenvalue weighted by Gasteiger charge is -2.27. The van der Waals surface area contributed by atoms with Crippen LogP contribution in [0, 0.1) is 0 Å². The van der Waals surface area contributed by atoms with Crippen LogP contribution >= 0.6 is 11.6 Å². The van der Waals surface area contributed by atoms with Crippen LogP contribution in [0.5, 0.6) is 0 Å². The average Bonchev–Trinajstić information content (AvgIpc) is 2.38. The monoisotopic (exact) mass is 262 g/mol. The van der Waals surface area contributed by atoms with Crippen molar-refractivity contribution in [2.24, 2.45) is 0 Å². The molecule has 6 heteroatoms. The number of hydrogen-bond acceptors (Lipinski definition) is 4. The number of hydrogen-bond donors (Lipinski definition) is 1. The van der Waals surface area contributed by atoms with Gasteiger partial charge in [-0.05, 0) is 18.2 Å². The maximum atomic E-state index is 11.3. The van der Waals surface area contributed by atoms with Gasteiger partial charge in [0.05, 0.1) is 23.8 Å². The van der Waals surface area contributed by atoms with E-state index in [1.807, 2.05) is 11.0 Å². The fourth-order valence-corrected chi connectivity index (χ4v) is 2.13. The lowest BCUT2D eigenvalue weighted by atomic mass is 10.3. The molecule has 1 amide bonds. The number of aromatic nitrogens is 2. The summed E-state index contributed by atoms with van der Waals surface area (Å²) in [5.74, 6) is 0.735. The normalized spacial score (nSPS) is 15.8. The van der Waals surface area contributed by atoms with Crippen molar-refractivity contribution in [3.63, 3.8) is 0 Å². The Morgan fingerprint density at radius 1 is 1.33 bits per heavy atom. The number of fused-ring (bicyclic) bond motifs is 1. The van der Waals surface area contributed by atoms with Crippen LogP contribution in [-0.4, -0.2) is 35.5 Å². The van der Waals surface area contributed by atoms with Crippen molar-refractivity contribution >= 4 is 34.4 Å². The molecule has 1 aromatic heterocycles. The van der Waals surface area contributed by atoms with Crippen molar-refractivity contribution in [2.45, 2.75) is 0 Å². The summed E-state index contributed by atoms with van der Waals surface area (Å²) in [5.41, 5.74) is 1.54. The maximum Gasteiger partial charge on any atom is 0.239 e. The van der Waals surface area contributed by atoms with E-state index in [9.17, 15) is 4.79 Å². The molecular weight excluding hydrogens is 252 g/mol. The van der Waals surface area contributed by atoms with Crippen LogP contribution < -0.4 is 10.2 Å². The van der Waals surface area contributed by atoms with E-state index in [1.165, 1.54) is 0 Å². The minimum absolute atomic E-state index is 0.0132. The van der Waals surface area contributed by atoms with Crippen molar-refractivity contribution in [3.05, 3.63) is 29.4 Å². The fraction of sp³-hybridized carbons (Fsp3) is 0.250. The van der Waals surface area contributed by atoms with Gasteiger partial charge in [-0.1, -0.05) is 11.6 Å². The minimum atomic E-state index is 0.0132. The van der Waals surface area contributed by atoms with E-state index in [-0.39, 0.29) is 5.91 Å². The number of nitrogens with zero attached hydrogens (tertiary/aromatic N) is 3. The molecule has 18 heavy (non-hydrogen) atoms. The van der Waals surface area contributed by atoms with Crippen LogP contribution in [0.3, 0.4) is 0 Å². The number of amides is 1. The van der Waals surface area contributed by atoms with Crippen molar-refractivity contribution in [2.75, 3.05) is 24.5 Å². The van der Waals surface area contributed by atoms with E-state index in [0.717, 1.165) is 23.4 Å². The van der Waals surface area contributed by atoms with Crippen LogP contribution in [0.1, 0.15) is 0 Å². The van der Waals surface area contributed by atoms with Gasteiger partial charge in [0.25, 0.3) is 0 Å². The summed E-state index contributed by atoms with van der Waals surface area (Å²) in [4.78, 5) is 22.1. The second-order valence-corrected chi connectivity index (χ2v) is 4.57.